The molecule has 35 heavy (non-hydrogen) atoms. The van der Waals surface area contributed by atoms with E-state index in [1.54, 1.807) is 29.2 Å². The molecule has 0 atom stereocenters. The van der Waals surface area contributed by atoms with Crippen LogP contribution in [-0.2, 0) is 0 Å². The van der Waals surface area contributed by atoms with E-state index in [1.165, 1.54) is 4.90 Å². The van der Waals surface area contributed by atoms with Crippen LogP contribution in [0.15, 0.2) is 42.5 Å². The fourth-order valence-corrected chi connectivity index (χ4v) is 6.09. The van der Waals surface area contributed by atoms with Crippen LogP contribution < -0.4 is 4.74 Å². The maximum absolute atomic E-state index is 13.3. The minimum absolute atomic E-state index is 0.0445. The first kappa shape index (κ1) is 22.0. The van der Waals surface area contributed by atoms with Gasteiger partial charge < -0.3 is 9.64 Å². The number of rotatable bonds is 2. The van der Waals surface area contributed by atoms with Crippen molar-refractivity contribution in [2.45, 2.75) is 63.0 Å². The lowest BCUT2D eigenvalue weighted by Gasteiger charge is -2.44. The molecule has 1 spiro atoms. The first-order valence-electron chi connectivity index (χ1n) is 12.6. The van der Waals surface area contributed by atoms with Gasteiger partial charge in [-0.25, -0.2) is 0 Å². The molecule has 3 heterocycles. The molecule has 1 saturated heterocycles. The molecule has 3 aliphatic heterocycles. The summed E-state index contributed by atoms with van der Waals surface area (Å²) in [5, 5.41) is 0. The normalized spacial score (nSPS) is 21.7. The molecule has 0 N–H and O–H groups in total. The van der Waals surface area contributed by atoms with Crippen LogP contribution in [0.25, 0.3) is 0 Å². The quantitative estimate of drug-likeness (QED) is 0.610. The Balaban J connectivity index is 1.17. The Labute approximate surface area is 204 Å². The molecule has 0 radical (unpaired) electrons. The van der Waals surface area contributed by atoms with Gasteiger partial charge in [0.1, 0.15) is 11.4 Å². The second kappa shape index (κ2) is 8.33. The molecule has 2 aromatic carbocycles. The zero-order chi connectivity index (χ0) is 24.2. The second-order valence-electron chi connectivity index (χ2n) is 10.2. The van der Waals surface area contributed by atoms with Gasteiger partial charge in [-0.1, -0.05) is 31.4 Å². The molecule has 4 aliphatic rings. The number of ether oxygens (including phenoxy) is 1. The van der Waals surface area contributed by atoms with Crippen LogP contribution in [0, 0.1) is 0 Å². The number of Topliss-reactive ketones (excluding diaryl/α,β-unsaturated/α-hetero) is 1. The summed E-state index contributed by atoms with van der Waals surface area (Å²) in [6.45, 7) is 0.929. The Morgan fingerprint density at radius 3 is 2.34 bits per heavy atom. The van der Waals surface area contributed by atoms with Gasteiger partial charge in [-0.15, -0.1) is 0 Å². The number of carbonyl (C=O) groups excluding carboxylic acids is 4. The zero-order valence-corrected chi connectivity index (χ0v) is 19.6. The number of likely N-dealkylation sites (tertiary alicyclic amines) is 1. The Morgan fingerprint density at radius 1 is 0.857 bits per heavy atom. The highest BCUT2D eigenvalue weighted by molar-refractivity contribution is 6.22. The lowest BCUT2D eigenvalue weighted by molar-refractivity contribution is -0.00572. The minimum Gasteiger partial charge on any atom is -0.486 e. The lowest BCUT2D eigenvalue weighted by Crippen LogP contribution is -2.52. The highest BCUT2D eigenvalue weighted by atomic mass is 16.5. The van der Waals surface area contributed by atoms with Crippen LogP contribution in [0.2, 0.25) is 0 Å². The Kier molecular flexibility index (Phi) is 5.24. The molecule has 1 saturated carbocycles. The summed E-state index contributed by atoms with van der Waals surface area (Å²) < 4.78 is 6.27. The second-order valence-corrected chi connectivity index (χ2v) is 10.2. The number of hydrogen-bond acceptors (Lipinski definition) is 5. The fourth-order valence-electron chi connectivity index (χ4n) is 6.09. The topological polar surface area (TPSA) is 84.0 Å². The summed E-state index contributed by atoms with van der Waals surface area (Å²) in [5.41, 5.74) is 1.18. The van der Waals surface area contributed by atoms with Crippen molar-refractivity contribution >= 4 is 23.5 Å². The summed E-state index contributed by atoms with van der Waals surface area (Å²) in [4.78, 5) is 55.2. The van der Waals surface area contributed by atoms with E-state index < -0.39 is 5.60 Å². The molecule has 6 rings (SSSR count). The summed E-state index contributed by atoms with van der Waals surface area (Å²) in [5.74, 6) is 0.0116. The molecular weight excluding hydrogens is 444 g/mol. The van der Waals surface area contributed by atoms with Gasteiger partial charge in [-0.05, 0) is 43.2 Å². The number of fused-ring (bicyclic) bond motifs is 2. The number of carbonyl (C=O) groups is 4. The van der Waals surface area contributed by atoms with Gasteiger partial charge in [0, 0.05) is 37.5 Å². The fraction of sp³-hybridized carbons (Fsp3) is 0.429. The van der Waals surface area contributed by atoms with Gasteiger partial charge in [0.2, 0.25) is 0 Å². The van der Waals surface area contributed by atoms with Gasteiger partial charge >= 0.3 is 0 Å². The molecular formula is C28H28N2O5. The number of piperidine rings is 1. The highest BCUT2D eigenvalue weighted by Gasteiger charge is 2.44. The Bertz CT molecular complexity index is 1240. The summed E-state index contributed by atoms with van der Waals surface area (Å²) >= 11 is 0. The van der Waals surface area contributed by atoms with E-state index >= 15 is 0 Å². The third-order valence-corrected chi connectivity index (χ3v) is 8.06. The molecule has 2 aromatic rings. The zero-order valence-electron chi connectivity index (χ0n) is 19.6. The van der Waals surface area contributed by atoms with Crippen molar-refractivity contribution < 1.29 is 23.9 Å². The third kappa shape index (κ3) is 3.65. The standard InChI is InChI=1S/C28H28N2O5/c31-23-17-28(35-24-9-5-4-8-21(23)24)12-14-29(15-13-28)25(32)18-10-11-20-22(16-18)27(34)30(26(20)33)19-6-2-1-3-7-19/h4-5,8-11,16,19H,1-3,6-7,12-15,17H2. The van der Waals surface area contributed by atoms with E-state index in [0.717, 1.165) is 32.1 Å². The molecule has 0 aromatic heterocycles. The van der Waals surface area contributed by atoms with Gasteiger partial charge in [-0.3, -0.25) is 24.1 Å². The predicted octanol–water partition coefficient (Wildman–Crippen LogP) is 4.26. The van der Waals surface area contributed by atoms with Crippen molar-refractivity contribution in [2.75, 3.05) is 13.1 Å². The molecule has 1 aliphatic carbocycles. The van der Waals surface area contributed by atoms with E-state index in [0.29, 0.717) is 60.4 Å². The SMILES string of the molecule is O=C1CC2(CCN(C(=O)c3ccc4c(c3)C(=O)N(C3CCCCC3)C4=O)CC2)Oc2ccccc21. The van der Waals surface area contributed by atoms with Crippen LogP contribution >= 0.6 is 0 Å². The molecule has 0 unspecified atom stereocenters. The average Bonchev–Trinajstić information content (AvgIpc) is 3.13. The summed E-state index contributed by atoms with van der Waals surface area (Å²) in [7, 11) is 0. The number of ketones is 1. The summed E-state index contributed by atoms with van der Waals surface area (Å²) in [6.07, 6.45) is 6.34. The van der Waals surface area contributed by atoms with E-state index in [-0.39, 0.29) is 29.5 Å². The van der Waals surface area contributed by atoms with Crippen molar-refractivity contribution in [3.63, 3.8) is 0 Å². The number of hydrogen-bond donors (Lipinski definition) is 0. The van der Waals surface area contributed by atoms with Crippen molar-refractivity contribution in [3.8, 4) is 5.75 Å². The maximum Gasteiger partial charge on any atom is 0.261 e. The number of nitrogens with zero attached hydrogens (tertiary/aromatic N) is 2. The third-order valence-electron chi connectivity index (χ3n) is 8.06. The van der Waals surface area contributed by atoms with Gasteiger partial charge in [0.25, 0.3) is 17.7 Å². The van der Waals surface area contributed by atoms with Gasteiger partial charge in [0.05, 0.1) is 23.1 Å². The largest absolute Gasteiger partial charge is 0.486 e. The van der Waals surface area contributed by atoms with Crippen molar-refractivity contribution in [3.05, 3.63) is 64.7 Å². The number of para-hydroxylation sites is 1. The Morgan fingerprint density at radius 2 is 1.57 bits per heavy atom. The lowest BCUT2D eigenvalue weighted by atomic mass is 9.82. The Hall–Kier alpha value is -3.48. The van der Waals surface area contributed by atoms with Crippen molar-refractivity contribution in [1.82, 2.24) is 9.80 Å². The molecule has 3 amide bonds. The molecule has 7 nitrogen and oxygen atoms in total. The summed E-state index contributed by atoms with van der Waals surface area (Å²) in [6, 6.07) is 12.1. The molecule has 0 bridgehead atoms. The number of amides is 3. The monoisotopic (exact) mass is 472 g/mol. The predicted molar refractivity (Wildman–Crippen MR) is 128 cm³/mol. The first-order valence-corrected chi connectivity index (χ1v) is 12.6. The van der Waals surface area contributed by atoms with Crippen LogP contribution in [0.3, 0.4) is 0 Å². The van der Waals surface area contributed by atoms with Crippen molar-refractivity contribution in [1.29, 1.82) is 0 Å². The van der Waals surface area contributed by atoms with E-state index in [2.05, 4.69) is 0 Å². The van der Waals surface area contributed by atoms with Crippen LogP contribution in [-0.4, -0.2) is 58.0 Å². The van der Waals surface area contributed by atoms with E-state index in [4.69, 9.17) is 4.74 Å². The van der Waals surface area contributed by atoms with Crippen LogP contribution in [0.4, 0.5) is 0 Å². The highest BCUT2D eigenvalue weighted by Crippen LogP contribution is 2.39. The van der Waals surface area contributed by atoms with Gasteiger partial charge in [0.15, 0.2) is 5.78 Å². The van der Waals surface area contributed by atoms with Crippen LogP contribution in [0.5, 0.6) is 5.75 Å². The smallest absolute Gasteiger partial charge is 0.261 e. The average molecular weight is 473 g/mol. The van der Waals surface area contributed by atoms with Crippen LogP contribution in [0.1, 0.15) is 92.8 Å². The first-order chi connectivity index (χ1) is 17.0. The van der Waals surface area contributed by atoms with E-state index in [1.807, 2.05) is 18.2 Å². The maximum atomic E-state index is 13.3. The molecule has 2 fully saturated rings. The minimum atomic E-state index is -0.580. The molecule has 180 valence electrons. The van der Waals surface area contributed by atoms with Crippen molar-refractivity contribution in [2.24, 2.45) is 0 Å². The number of benzene rings is 2. The van der Waals surface area contributed by atoms with E-state index in [9.17, 15) is 19.2 Å². The van der Waals surface area contributed by atoms with Gasteiger partial charge in [-0.2, -0.15) is 0 Å². The molecule has 7 heteroatoms. The number of imide groups is 1.